The Morgan fingerprint density at radius 1 is 1.00 bits per heavy atom. The van der Waals surface area contributed by atoms with Crippen LogP contribution < -0.4 is 5.32 Å². The monoisotopic (exact) mass is 348 g/mol. The molecular formula is C21H36N2O2. The lowest BCUT2D eigenvalue weighted by Crippen LogP contribution is -2.41. The van der Waals surface area contributed by atoms with Crippen molar-refractivity contribution in [3.63, 3.8) is 0 Å². The van der Waals surface area contributed by atoms with E-state index in [-0.39, 0.29) is 5.91 Å². The number of carbonyl (C=O) groups is 1. The molecule has 1 aliphatic heterocycles. The molecule has 1 heterocycles. The molecule has 1 N–H and O–H groups in total. The van der Waals surface area contributed by atoms with Crippen LogP contribution in [0.5, 0.6) is 0 Å². The number of hydrogen-bond donors (Lipinski definition) is 1. The SMILES string of the molecule is CC(C)=CCCC(C)=CCCC(C)=CC(=O)NCCN1CCOCC1. The van der Waals surface area contributed by atoms with E-state index in [1.807, 2.05) is 6.92 Å². The third-order valence-electron chi connectivity index (χ3n) is 4.33. The quantitative estimate of drug-likeness (QED) is 0.481. The lowest BCUT2D eigenvalue weighted by molar-refractivity contribution is -0.116. The zero-order valence-corrected chi connectivity index (χ0v) is 16.6. The minimum atomic E-state index is 0.0232. The molecule has 0 spiro atoms. The van der Waals surface area contributed by atoms with Gasteiger partial charge in [-0.05, 0) is 53.4 Å². The first kappa shape index (κ1) is 21.7. The van der Waals surface area contributed by atoms with Crippen molar-refractivity contribution in [3.05, 3.63) is 34.9 Å². The molecular weight excluding hydrogens is 312 g/mol. The van der Waals surface area contributed by atoms with Gasteiger partial charge >= 0.3 is 0 Å². The first-order chi connectivity index (χ1) is 12.0. The Balaban J connectivity index is 2.18. The van der Waals surface area contributed by atoms with Gasteiger partial charge in [-0.1, -0.05) is 28.9 Å². The zero-order valence-electron chi connectivity index (χ0n) is 16.6. The predicted octanol–water partition coefficient (Wildman–Crippen LogP) is 3.85. The van der Waals surface area contributed by atoms with Crippen LogP contribution in [0.15, 0.2) is 34.9 Å². The van der Waals surface area contributed by atoms with Crippen LogP contribution in [0.25, 0.3) is 0 Å². The number of nitrogens with zero attached hydrogens (tertiary/aromatic N) is 1. The normalized spacial score (nSPS) is 16.6. The number of rotatable bonds is 10. The van der Waals surface area contributed by atoms with E-state index in [1.54, 1.807) is 6.08 Å². The van der Waals surface area contributed by atoms with Crippen LogP contribution in [0.2, 0.25) is 0 Å². The zero-order chi connectivity index (χ0) is 18.5. The second-order valence-electron chi connectivity index (χ2n) is 7.15. The van der Waals surface area contributed by atoms with Gasteiger partial charge in [-0.3, -0.25) is 9.69 Å². The molecule has 25 heavy (non-hydrogen) atoms. The molecule has 0 bridgehead atoms. The third-order valence-corrected chi connectivity index (χ3v) is 4.33. The average Bonchev–Trinajstić information content (AvgIpc) is 2.55. The number of carbonyl (C=O) groups excluding carboxylic acids is 1. The highest BCUT2D eigenvalue weighted by atomic mass is 16.5. The van der Waals surface area contributed by atoms with E-state index in [1.165, 1.54) is 11.1 Å². The highest BCUT2D eigenvalue weighted by molar-refractivity contribution is 5.88. The summed E-state index contributed by atoms with van der Waals surface area (Å²) in [7, 11) is 0. The molecule has 1 fully saturated rings. The molecule has 0 aliphatic carbocycles. The van der Waals surface area contributed by atoms with E-state index >= 15 is 0 Å². The summed E-state index contributed by atoms with van der Waals surface area (Å²) in [5.41, 5.74) is 3.95. The summed E-state index contributed by atoms with van der Waals surface area (Å²) in [6, 6.07) is 0. The summed E-state index contributed by atoms with van der Waals surface area (Å²) in [5, 5.41) is 2.98. The lowest BCUT2D eigenvalue weighted by atomic mass is 10.1. The van der Waals surface area contributed by atoms with Gasteiger partial charge in [0.25, 0.3) is 0 Å². The number of allylic oxidation sites excluding steroid dienone is 5. The molecule has 0 saturated carbocycles. The predicted molar refractivity (Wildman–Crippen MR) is 106 cm³/mol. The standard InChI is InChI=1S/C21H36N2O2/c1-18(2)7-5-8-19(3)9-6-10-20(4)17-21(24)22-11-12-23-13-15-25-16-14-23/h7,9,17H,5-6,8,10-16H2,1-4H3,(H,22,24). The second kappa shape index (κ2) is 12.9. The van der Waals surface area contributed by atoms with Crippen molar-refractivity contribution in [1.29, 1.82) is 0 Å². The van der Waals surface area contributed by atoms with Crippen LogP contribution >= 0.6 is 0 Å². The molecule has 4 nitrogen and oxygen atoms in total. The fourth-order valence-electron chi connectivity index (χ4n) is 2.75. The maximum absolute atomic E-state index is 11.9. The van der Waals surface area contributed by atoms with E-state index in [9.17, 15) is 4.79 Å². The summed E-state index contributed by atoms with van der Waals surface area (Å²) in [5.74, 6) is 0.0232. The van der Waals surface area contributed by atoms with Gasteiger partial charge in [0.2, 0.25) is 5.91 Å². The Morgan fingerprint density at radius 2 is 1.64 bits per heavy atom. The highest BCUT2D eigenvalue weighted by Crippen LogP contribution is 2.11. The fraction of sp³-hybridized carbons (Fsp3) is 0.667. The van der Waals surface area contributed by atoms with Crippen molar-refractivity contribution in [1.82, 2.24) is 10.2 Å². The Hall–Kier alpha value is -1.39. The molecule has 4 heteroatoms. The second-order valence-corrected chi connectivity index (χ2v) is 7.15. The average molecular weight is 349 g/mol. The molecule has 0 aromatic rings. The summed E-state index contributed by atoms with van der Waals surface area (Å²) in [6.07, 6.45) is 10.5. The van der Waals surface area contributed by atoms with Crippen molar-refractivity contribution in [2.75, 3.05) is 39.4 Å². The molecule has 1 saturated heterocycles. The summed E-state index contributed by atoms with van der Waals surface area (Å²) in [4.78, 5) is 14.3. The van der Waals surface area contributed by atoms with Gasteiger partial charge < -0.3 is 10.1 Å². The number of ether oxygens (including phenoxy) is 1. The van der Waals surface area contributed by atoms with Crippen molar-refractivity contribution in [2.45, 2.75) is 53.4 Å². The first-order valence-corrected chi connectivity index (χ1v) is 9.51. The third kappa shape index (κ3) is 11.7. The van der Waals surface area contributed by atoms with Crippen LogP contribution in [-0.4, -0.2) is 50.2 Å². The number of nitrogens with one attached hydrogen (secondary N) is 1. The van der Waals surface area contributed by atoms with Gasteiger partial charge in [0.05, 0.1) is 13.2 Å². The van der Waals surface area contributed by atoms with Gasteiger partial charge in [-0.15, -0.1) is 0 Å². The number of hydrogen-bond acceptors (Lipinski definition) is 3. The lowest BCUT2D eigenvalue weighted by Gasteiger charge is -2.26. The van der Waals surface area contributed by atoms with Gasteiger partial charge in [0.15, 0.2) is 0 Å². The largest absolute Gasteiger partial charge is 0.379 e. The van der Waals surface area contributed by atoms with Crippen LogP contribution in [0, 0.1) is 0 Å². The van der Waals surface area contributed by atoms with Crippen LogP contribution in [0.3, 0.4) is 0 Å². The minimum absolute atomic E-state index is 0.0232. The molecule has 142 valence electrons. The highest BCUT2D eigenvalue weighted by Gasteiger charge is 2.09. The first-order valence-electron chi connectivity index (χ1n) is 9.51. The van der Waals surface area contributed by atoms with Gasteiger partial charge in [0.1, 0.15) is 0 Å². The van der Waals surface area contributed by atoms with Crippen molar-refractivity contribution in [2.24, 2.45) is 0 Å². The molecule has 0 aromatic carbocycles. The Morgan fingerprint density at radius 3 is 2.32 bits per heavy atom. The summed E-state index contributed by atoms with van der Waals surface area (Å²) < 4.78 is 5.32. The molecule has 0 aromatic heterocycles. The fourth-order valence-corrected chi connectivity index (χ4v) is 2.75. The van der Waals surface area contributed by atoms with Crippen LogP contribution in [-0.2, 0) is 9.53 Å². The number of morpholine rings is 1. The van der Waals surface area contributed by atoms with E-state index < -0.39 is 0 Å². The molecule has 0 radical (unpaired) electrons. The van der Waals surface area contributed by atoms with Crippen LogP contribution in [0.1, 0.15) is 53.4 Å². The topological polar surface area (TPSA) is 41.6 Å². The van der Waals surface area contributed by atoms with Crippen LogP contribution in [0.4, 0.5) is 0 Å². The summed E-state index contributed by atoms with van der Waals surface area (Å²) in [6.45, 7) is 13.6. The van der Waals surface area contributed by atoms with Gasteiger partial charge in [-0.25, -0.2) is 0 Å². The van der Waals surface area contributed by atoms with E-state index in [0.29, 0.717) is 6.54 Å². The molecule has 1 rings (SSSR count). The van der Waals surface area contributed by atoms with Gasteiger partial charge in [0, 0.05) is 32.3 Å². The summed E-state index contributed by atoms with van der Waals surface area (Å²) >= 11 is 0. The molecule has 0 unspecified atom stereocenters. The van der Waals surface area contributed by atoms with E-state index in [0.717, 1.165) is 64.1 Å². The maximum atomic E-state index is 11.9. The maximum Gasteiger partial charge on any atom is 0.243 e. The molecule has 1 amide bonds. The minimum Gasteiger partial charge on any atom is -0.379 e. The number of amides is 1. The smallest absolute Gasteiger partial charge is 0.243 e. The molecule has 1 aliphatic rings. The Kier molecular flexibility index (Phi) is 11.2. The van der Waals surface area contributed by atoms with Gasteiger partial charge in [-0.2, -0.15) is 0 Å². The Bertz CT molecular complexity index is 482. The van der Waals surface area contributed by atoms with E-state index in [4.69, 9.17) is 4.74 Å². The van der Waals surface area contributed by atoms with Crippen molar-refractivity contribution >= 4 is 5.91 Å². The molecule has 0 atom stereocenters. The van der Waals surface area contributed by atoms with Crippen molar-refractivity contribution < 1.29 is 9.53 Å². The van der Waals surface area contributed by atoms with Crippen molar-refractivity contribution in [3.8, 4) is 0 Å². The van der Waals surface area contributed by atoms with E-state index in [2.05, 4.69) is 43.1 Å². The Labute approximate surface area is 154 Å².